The molecule has 0 fully saturated rings. The Morgan fingerprint density at radius 2 is 1.26 bits per heavy atom. The van der Waals surface area contributed by atoms with Gasteiger partial charge in [0, 0.05) is 5.56 Å². The molecule has 0 saturated heterocycles. The lowest BCUT2D eigenvalue weighted by Gasteiger charge is -2.08. The molecule has 0 atom stereocenters. The lowest BCUT2D eigenvalue weighted by atomic mass is 9.99. The van der Waals surface area contributed by atoms with Gasteiger partial charge in [0.2, 0.25) is 0 Å². The molecule has 0 heterocycles. The van der Waals surface area contributed by atoms with Crippen LogP contribution in [0.25, 0.3) is 10.8 Å². The van der Waals surface area contributed by atoms with Crippen LogP contribution in [0.5, 0.6) is 5.75 Å². The van der Waals surface area contributed by atoms with E-state index < -0.39 is 0 Å². The molecule has 0 unspecified atom stereocenters. The van der Waals surface area contributed by atoms with Gasteiger partial charge in [0.25, 0.3) is 0 Å². The molecule has 0 radical (unpaired) electrons. The van der Waals surface area contributed by atoms with Gasteiger partial charge in [0.05, 0.1) is 0 Å². The van der Waals surface area contributed by atoms with Crippen molar-refractivity contribution in [1.82, 2.24) is 0 Å². The fourth-order valence-electron chi connectivity index (χ4n) is 4.52. The van der Waals surface area contributed by atoms with Crippen molar-refractivity contribution in [3.8, 4) is 5.75 Å². The molecular formula is C30H46O. The summed E-state index contributed by atoms with van der Waals surface area (Å²) >= 11 is 0. The molecule has 0 aliphatic rings. The summed E-state index contributed by atoms with van der Waals surface area (Å²) in [6.45, 7) is 4.53. The predicted molar refractivity (Wildman–Crippen MR) is 138 cm³/mol. The fraction of sp³-hybridized carbons (Fsp3) is 0.600. The Bertz CT molecular complexity index is 758. The summed E-state index contributed by atoms with van der Waals surface area (Å²) in [6.07, 6.45) is 24.0. The second kappa shape index (κ2) is 16.0. The van der Waals surface area contributed by atoms with E-state index >= 15 is 0 Å². The number of fused-ring (bicyclic) bond motifs is 1. The molecule has 2 rings (SSSR count). The van der Waals surface area contributed by atoms with E-state index in [4.69, 9.17) is 0 Å². The predicted octanol–water partition coefficient (Wildman–Crippen LogP) is 9.91. The zero-order valence-electron chi connectivity index (χ0n) is 20.3. The van der Waals surface area contributed by atoms with Crippen molar-refractivity contribution in [1.29, 1.82) is 0 Å². The van der Waals surface area contributed by atoms with E-state index in [1.54, 1.807) is 0 Å². The zero-order valence-corrected chi connectivity index (χ0v) is 20.3. The summed E-state index contributed by atoms with van der Waals surface area (Å²) < 4.78 is 0. The molecule has 0 aliphatic carbocycles. The number of benzene rings is 2. The maximum absolute atomic E-state index is 10.3. The number of rotatable bonds is 17. The summed E-state index contributed by atoms with van der Waals surface area (Å²) in [6, 6.07) is 12.2. The largest absolute Gasteiger partial charge is 0.508 e. The highest BCUT2D eigenvalue weighted by Crippen LogP contribution is 2.28. The molecule has 1 heteroatoms. The van der Waals surface area contributed by atoms with Gasteiger partial charge in [-0.25, -0.2) is 0 Å². The van der Waals surface area contributed by atoms with Crippen molar-refractivity contribution >= 4 is 10.8 Å². The van der Waals surface area contributed by atoms with E-state index in [0.29, 0.717) is 5.75 Å². The van der Waals surface area contributed by atoms with Gasteiger partial charge in [-0.15, -0.1) is 0 Å². The second-order valence-electron chi connectivity index (χ2n) is 9.39. The van der Waals surface area contributed by atoms with Gasteiger partial charge in [0.1, 0.15) is 5.75 Å². The van der Waals surface area contributed by atoms with Crippen LogP contribution in [0.4, 0.5) is 0 Å². The zero-order chi connectivity index (χ0) is 22.2. The van der Waals surface area contributed by atoms with Crippen LogP contribution in [-0.4, -0.2) is 5.11 Å². The van der Waals surface area contributed by atoms with Crippen molar-refractivity contribution in [2.75, 3.05) is 0 Å². The third kappa shape index (κ3) is 10.4. The minimum Gasteiger partial charge on any atom is -0.508 e. The molecule has 0 bridgehead atoms. The van der Waals surface area contributed by atoms with Crippen molar-refractivity contribution in [3.05, 3.63) is 53.6 Å². The summed E-state index contributed by atoms with van der Waals surface area (Å²) in [4.78, 5) is 0. The first-order valence-electron chi connectivity index (χ1n) is 13.1. The number of aromatic hydroxyl groups is 1. The number of hydrogen-bond acceptors (Lipinski definition) is 1. The van der Waals surface area contributed by atoms with Crippen LogP contribution in [0, 0.1) is 0 Å². The van der Waals surface area contributed by atoms with Crippen LogP contribution in [-0.2, 0) is 6.42 Å². The first-order valence-corrected chi connectivity index (χ1v) is 13.1. The number of allylic oxidation sites excluding steroid dienone is 2. The van der Waals surface area contributed by atoms with Gasteiger partial charge in [-0.1, -0.05) is 132 Å². The quantitative estimate of drug-likeness (QED) is 0.198. The Kier molecular flexibility index (Phi) is 13.1. The van der Waals surface area contributed by atoms with E-state index in [1.165, 1.54) is 113 Å². The number of phenolic OH excluding ortho intramolecular Hbond substituents is 1. The van der Waals surface area contributed by atoms with Crippen LogP contribution in [0.15, 0.2) is 48.0 Å². The van der Waals surface area contributed by atoms with Crippen LogP contribution >= 0.6 is 0 Å². The molecule has 172 valence electrons. The van der Waals surface area contributed by atoms with Gasteiger partial charge in [-0.3, -0.25) is 0 Å². The maximum Gasteiger partial charge on any atom is 0.119 e. The Labute approximate surface area is 192 Å². The van der Waals surface area contributed by atoms with Gasteiger partial charge in [-0.2, -0.15) is 0 Å². The van der Waals surface area contributed by atoms with Crippen LogP contribution in [0.3, 0.4) is 0 Å². The molecule has 0 saturated carbocycles. The van der Waals surface area contributed by atoms with E-state index in [-0.39, 0.29) is 0 Å². The number of hydrogen-bond donors (Lipinski definition) is 1. The molecule has 2 aromatic carbocycles. The van der Waals surface area contributed by atoms with Crippen LogP contribution in [0.1, 0.15) is 116 Å². The SMILES string of the molecule is CCCCCCCCCCCCCCCC/C(C)=C/Cc1c(O)ccc2ccccc12. The molecule has 1 nitrogen and oxygen atoms in total. The maximum atomic E-state index is 10.3. The standard InChI is InChI=1S/C30H46O/c1-3-4-5-6-7-8-9-10-11-12-13-14-15-16-19-26(2)22-24-29-28-21-18-17-20-27(28)23-25-30(29)31/h17-18,20-23,25,31H,3-16,19,24H2,1-2H3/b26-22+. The Morgan fingerprint density at radius 1 is 0.710 bits per heavy atom. The number of phenols is 1. The Hall–Kier alpha value is -1.76. The van der Waals surface area contributed by atoms with Crippen molar-refractivity contribution in [3.63, 3.8) is 0 Å². The highest BCUT2D eigenvalue weighted by Gasteiger charge is 2.05. The molecule has 0 aromatic heterocycles. The van der Waals surface area contributed by atoms with Crippen LogP contribution < -0.4 is 0 Å². The lowest BCUT2D eigenvalue weighted by Crippen LogP contribution is -1.88. The Balaban J connectivity index is 1.51. The summed E-state index contributed by atoms with van der Waals surface area (Å²) in [7, 11) is 0. The van der Waals surface area contributed by atoms with Gasteiger partial charge >= 0.3 is 0 Å². The highest BCUT2D eigenvalue weighted by atomic mass is 16.3. The first kappa shape index (κ1) is 25.5. The molecule has 1 N–H and O–H groups in total. The number of unbranched alkanes of at least 4 members (excludes halogenated alkanes) is 13. The van der Waals surface area contributed by atoms with E-state index in [0.717, 1.165) is 12.0 Å². The molecular weight excluding hydrogens is 376 g/mol. The minimum atomic E-state index is 0.416. The lowest BCUT2D eigenvalue weighted by molar-refractivity contribution is 0.471. The van der Waals surface area contributed by atoms with E-state index in [2.05, 4.69) is 44.2 Å². The third-order valence-electron chi connectivity index (χ3n) is 6.60. The minimum absolute atomic E-state index is 0.416. The van der Waals surface area contributed by atoms with Crippen molar-refractivity contribution < 1.29 is 5.11 Å². The average Bonchev–Trinajstić information content (AvgIpc) is 2.78. The van der Waals surface area contributed by atoms with Crippen LogP contribution in [0.2, 0.25) is 0 Å². The summed E-state index contributed by atoms with van der Waals surface area (Å²) in [5.74, 6) is 0.416. The summed E-state index contributed by atoms with van der Waals surface area (Å²) in [5, 5.41) is 12.7. The average molecular weight is 423 g/mol. The topological polar surface area (TPSA) is 20.2 Å². The molecule has 31 heavy (non-hydrogen) atoms. The van der Waals surface area contributed by atoms with Gasteiger partial charge in [-0.05, 0) is 43.0 Å². The fourth-order valence-corrected chi connectivity index (χ4v) is 4.52. The molecule has 0 amide bonds. The smallest absolute Gasteiger partial charge is 0.119 e. The normalized spacial score (nSPS) is 12.0. The third-order valence-corrected chi connectivity index (χ3v) is 6.60. The summed E-state index contributed by atoms with van der Waals surface area (Å²) in [5.41, 5.74) is 2.50. The Morgan fingerprint density at radius 3 is 1.87 bits per heavy atom. The molecule has 2 aromatic rings. The first-order chi connectivity index (χ1) is 15.2. The van der Waals surface area contributed by atoms with Gasteiger partial charge < -0.3 is 5.11 Å². The van der Waals surface area contributed by atoms with Crippen molar-refractivity contribution in [2.45, 2.75) is 117 Å². The van der Waals surface area contributed by atoms with Gasteiger partial charge in [0.15, 0.2) is 0 Å². The monoisotopic (exact) mass is 422 g/mol. The molecule has 0 spiro atoms. The van der Waals surface area contributed by atoms with Crippen molar-refractivity contribution in [2.24, 2.45) is 0 Å². The van der Waals surface area contributed by atoms with E-state index in [1.807, 2.05) is 12.1 Å². The second-order valence-corrected chi connectivity index (χ2v) is 9.39. The highest BCUT2D eigenvalue weighted by molar-refractivity contribution is 5.87. The van der Waals surface area contributed by atoms with E-state index in [9.17, 15) is 5.11 Å². The molecule has 0 aliphatic heterocycles.